The van der Waals surface area contributed by atoms with Crippen LogP contribution in [0.15, 0.2) is 24.3 Å². The fourth-order valence-electron chi connectivity index (χ4n) is 2.88. The largest absolute Gasteiger partial charge is 0.341 e. The minimum atomic E-state index is -0.167. The molecular weight excluding hydrogens is 345 g/mol. The Morgan fingerprint density at radius 3 is 2.62 bits per heavy atom. The fourth-order valence-corrected chi connectivity index (χ4v) is 4.16. The molecule has 1 fully saturated rings. The van der Waals surface area contributed by atoms with E-state index < -0.39 is 0 Å². The summed E-state index contributed by atoms with van der Waals surface area (Å²) in [7, 11) is 0. The lowest BCUT2D eigenvalue weighted by Crippen LogP contribution is -2.48. The summed E-state index contributed by atoms with van der Waals surface area (Å²) in [4.78, 5) is 20.6. The van der Waals surface area contributed by atoms with Crippen molar-refractivity contribution in [3.63, 3.8) is 0 Å². The van der Waals surface area contributed by atoms with Crippen LogP contribution >= 0.6 is 23.6 Å². The summed E-state index contributed by atoms with van der Waals surface area (Å²) in [6, 6.07) is 6.86. The third kappa shape index (κ3) is 4.09. The van der Waals surface area contributed by atoms with E-state index in [2.05, 4.69) is 9.88 Å². The molecule has 1 N–H and O–H groups in total. The van der Waals surface area contributed by atoms with Crippen LogP contribution in [0.3, 0.4) is 0 Å². The standard InChI is InChI=1S/C17H20FN3OS2/c1-12-15(24-17(23)19-12)10-16(22)21-8-6-20(7-9-21)11-13-4-2-3-5-14(13)18/h2-5H,6-11H2,1H3,(H,19,23). The maximum absolute atomic E-state index is 13.7. The van der Waals surface area contributed by atoms with Crippen molar-refractivity contribution in [2.75, 3.05) is 26.2 Å². The minimum absolute atomic E-state index is 0.133. The van der Waals surface area contributed by atoms with Crippen molar-refractivity contribution < 1.29 is 9.18 Å². The number of carbonyl (C=O) groups is 1. The third-order valence-electron chi connectivity index (χ3n) is 4.31. The Morgan fingerprint density at radius 1 is 1.29 bits per heavy atom. The van der Waals surface area contributed by atoms with Gasteiger partial charge in [-0.1, -0.05) is 18.2 Å². The number of nitrogens with zero attached hydrogens (tertiary/aromatic N) is 2. The van der Waals surface area contributed by atoms with Gasteiger partial charge >= 0.3 is 0 Å². The highest BCUT2D eigenvalue weighted by molar-refractivity contribution is 7.73. The first-order valence-corrected chi connectivity index (χ1v) is 9.17. The smallest absolute Gasteiger partial charge is 0.227 e. The summed E-state index contributed by atoms with van der Waals surface area (Å²) >= 11 is 6.59. The zero-order chi connectivity index (χ0) is 17.1. The Hall–Kier alpha value is -1.57. The molecule has 0 radical (unpaired) electrons. The lowest BCUT2D eigenvalue weighted by atomic mass is 10.2. The summed E-state index contributed by atoms with van der Waals surface area (Å²) in [5, 5.41) is 0. The van der Waals surface area contributed by atoms with Crippen molar-refractivity contribution in [2.24, 2.45) is 0 Å². The SMILES string of the molecule is Cc1[nH]c(=S)sc1CC(=O)N1CCN(Cc2ccccc2F)CC1. The van der Waals surface area contributed by atoms with Gasteiger partial charge < -0.3 is 9.88 Å². The summed E-state index contributed by atoms with van der Waals surface area (Å²) in [6.07, 6.45) is 0.400. The van der Waals surface area contributed by atoms with E-state index in [1.807, 2.05) is 24.0 Å². The van der Waals surface area contributed by atoms with Crippen LogP contribution in [0, 0.1) is 16.7 Å². The van der Waals surface area contributed by atoms with Gasteiger partial charge in [-0.05, 0) is 25.2 Å². The van der Waals surface area contributed by atoms with Gasteiger partial charge in [0.15, 0.2) is 3.95 Å². The molecule has 1 aromatic carbocycles. The summed E-state index contributed by atoms with van der Waals surface area (Å²) in [5.74, 6) is -0.0333. The van der Waals surface area contributed by atoms with Crippen LogP contribution in [0.2, 0.25) is 0 Å². The van der Waals surface area contributed by atoms with E-state index in [1.54, 1.807) is 6.07 Å². The number of rotatable bonds is 4. The van der Waals surface area contributed by atoms with Crippen LogP contribution in [0.1, 0.15) is 16.1 Å². The van der Waals surface area contributed by atoms with Gasteiger partial charge in [-0.15, -0.1) is 11.3 Å². The molecule has 1 aliphatic rings. The number of amides is 1. The molecular formula is C17H20FN3OS2. The number of hydrogen-bond acceptors (Lipinski definition) is 4. The molecule has 1 aliphatic heterocycles. The van der Waals surface area contributed by atoms with Gasteiger partial charge in [-0.2, -0.15) is 0 Å². The molecule has 2 heterocycles. The molecule has 24 heavy (non-hydrogen) atoms. The number of aryl methyl sites for hydroxylation is 1. The summed E-state index contributed by atoms with van der Waals surface area (Å²) in [5.41, 5.74) is 1.69. The second-order valence-electron chi connectivity index (χ2n) is 5.99. The van der Waals surface area contributed by atoms with E-state index in [9.17, 15) is 9.18 Å². The molecule has 0 atom stereocenters. The van der Waals surface area contributed by atoms with Gasteiger partial charge in [-0.25, -0.2) is 4.39 Å². The van der Waals surface area contributed by atoms with Gasteiger partial charge in [0.1, 0.15) is 5.82 Å². The van der Waals surface area contributed by atoms with Gasteiger partial charge in [0.2, 0.25) is 5.91 Å². The molecule has 0 bridgehead atoms. The van der Waals surface area contributed by atoms with E-state index in [0.29, 0.717) is 35.6 Å². The zero-order valence-corrected chi connectivity index (χ0v) is 15.2. The average molecular weight is 365 g/mol. The second kappa shape index (κ2) is 7.55. The first kappa shape index (κ1) is 17.3. The van der Waals surface area contributed by atoms with Gasteiger partial charge in [0.25, 0.3) is 0 Å². The Balaban J connectivity index is 1.53. The molecule has 2 aromatic rings. The Labute approximate surface area is 149 Å². The number of aromatic amines is 1. The monoisotopic (exact) mass is 365 g/mol. The van der Waals surface area contributed by atoms with E-state index in [0.717, 1.165) is 23.7 Å². The van der Waals surface area contributed by atoms with E-state index in [-0.39, 0.29) is 11.7 Å². The lowest BCUT2D eigenvalue weighted by molar-refractivity contribution is -0.132. The number of H-pyrrole nitrogens is 1. The van der Waals surface area contributed by atoms with E-state index in [1.165, 1.54) is 17.4 Å². The highest BCUT2D eigenvalue weighted by Crippen LogP contribution is 2.17. The molecule has 0 unspecified atom stereocenters. The number of hydrogen-bond donors (Lipinski definition) is 1. The first-order valence-electron chi connectivity index (χ1n) is 7.95. The molecule has 4 nitrogen and oxygen atoms in total. The summed E-state index contributed by atoms with van der Waals surface area (Å²) in [6.45, 7) is 5.43. The number of nitrogens with one attached hydrogen (secondary N) is 1. The van der Waals surface area contributed by atoms with E-state index >= 15 is 0 Å². The van der Waals surface area contributed by atoms with Crippen molar-refractivity contribution in [3.05, 3.63) is 50.2 Å². The predicted molar refractivity (Wildman–Crippen MR) is 96.2 cm³/mol. The molecule has 0 spiro atoms. The lowest BCUT2D eigenvalue weighted by Gasteiger charge is -2.34. The van der Waals surface area contributed by atoms with Crippen LogP contribution in [0.5, 0.6) is 0 Å². The topological polar surface area (TPSA) is 39.3 Å². The van der Waals surface area contributed by atoms with Crippen molar-refractivity contribution in [1.82, 2.24) is 14.8 Å². The Kier molecular flexibility index (Phi) is 5.43. The van der Waals surface area contributed by atoms with Crippen molar-refractivity contribution in [1.29, 1.82) is 0 Å². The number of aromatic nitrogens is 1. The molecule has 1 saturated heterocycles. The predicted octanol–water partition coefficient (Wildman–Crippen LogP) is 3.14. The fraction of sp³-hybridized carbons (Fsp3) is 0.412. The highest BCUT2D eigenvalue weighted by atomic mass is 32.1. The number of carbonyl (C=O) groups excluding carboxylic acids is 1. The maximum atomic E-state index is 13.7. The zero-order valence-electron chi connectivity index (χ0n) is 13.5. The molecule has 3 rings (SSSR count). The van der Waals surface area contributed by atoms with Crippen LogP contribution in [-0.4, -0.2) is 46.9 Å². The van der Waals surface area contributed by atoms with Crippen molar-refractivity contribution in [3.8, 4) is 0 Å². The highest BCUT2D eigenvalue weighted by Gasteiger charge is 2.22. The number of thiazole rings is 1. The average Bonchev–Trinajstić information content (AvgIpc) is 2.88. The van der Waals surface area contributed by atoms with E-state index in [4.69, 9.17) is 12.2 Å². The minimum Gasteiger partial charge on any atom is -0.341 e. The van der Waals surface area contributed by atoms with Crippen LogP contribution in [0.4, 0.5) is 4.39 Å². The van der Waals surface area contributed by atoms with Gasteiger partial charge in [0.05, 0.1) is 6.42 Å². The normalized spacial score (nSPS) is 15.7. The van der Waals surface area contributed by atoms with Gasteiger partial charge in [-0.3, -0.25) is 9.69 Å². The number of benzene rings is 1. The molecule has 0 aliphatic carbocycles. The molecule has 1 aromatic heterocycles. The molecule has 7 heteroatoms. The second-order valence-corrected chi connectivity index (χ2v) is 7.76. The Bertz CT molecular complexity index is 778. The Morgan fingerprint density at radius 2 is 2.00 bits per heavy atom. The maximum Gasteiger partial charge on any atom is 0.227 e. The van der Waals surface area contributed by atoms with Gasteiger partial charge in [0, 0.05) is 48.9 Å². The van der Waals surface area contributed by atoms with Crippen LogP contribution < -0.4 is 0 Å². The van der Waals surface area contributed by atoms with Crippen LogP contribution in [-0.2, 0) is 17.8 Å². The van der Waals surface area contributed by atoms with Crippen LogP contribution in [0.25, 0.3) is 0 Å². The molecule has 1 amide bonds. The third-order valence-corrected chi connectivity index (χ3v) is 5.65. The molecule has 128 valence electrons. The first-order chi connectivity index (χ1) is 11.5. The summed E-state index contributed by atoms with van der Waals surface area (Å²) < 4.78 is 14.4. The quantitative estimate of drug-likeness (QED) is 0.846. The number of halogens is 1. The molecule has 0 saturated carbocycles. The van der Waals surface area contributed by atoms with Crippen molar-refractivity contribution >= 4 is 29.5 Å². The van der Waals surface area contributed by atoms with Crippen molar-refractivity contribution in [2.45, 2.75) is 19.9 Å². The number of piperazine rings is 1.